The number of nitrogens with zero attached hydrogens (tertiary/aromatic N) is 5. The zero-order chi connectivity index (χ0) is 21.8. The summed E-state index contributed by atoms with van der Waals surface area (Å²) in [5, 5.41) is 3.26. The Kier molecular flexibility index (Phi) is 6.28. The van der Waals surface area contributed by atoms with Crippen LogP contribution >= 0.6 is 24.0 Å². The molecule has 0 bridgehead atoms. The molecule has 3 aromatic rings. The molecule has 0 atom stereocenters. The van der Waals surface area contributed by atoms with Gasteiger partial charge in [-0.3, -0.25) is 18.9 Å². The molecule has 158 valence electrons. The Morgan fingerprint density at radius 3 is 2.90 bits per heavy atom. The van der Waals surface area contributed by atoms with Gasteiger partial charge in [-0.25, -0.2) is 9.97 Å². The van der Waals surface area contributed by atoms with Gasteiger partial charge in [0.15, 0.2) is 0 Å². The van der Waals surface area contributed by atoms with Crippen molar-refractivity contribution in [3.05, 3.63) is 76.6 Å². The van der Waals surface area contributed by atoms with Crippen molar-refractivity contribution >= 4 is 51.7 Å². The van der Waals surface area contributed by atoms with Gasteiger partial charge in [0.25, 0.3) is 11.5 Å². The zero-order valence-corrected chi connectivity index (χ0v) is 18.2. The smallest absolute Gasteiger partial charge is 0.267 e. The molecule has 1 aliphatic heterocycles. The fourth-order valence-corrected chi connectivity index (χ4v) is 4.43. The topological polar surface area (TPSA) is 84.5 Å². The highest BCUT2D eigenvalue weighted by atomic mass is 32.2. The lowest BCUT2D eigenvalue weighted by Gasteiger charge is -2.12. The molecule has 0 spiro atoms. The minimum atomic E-state index is -0.253. The first-order chi connectivity index (χ1) is 15.1. The van der Waals surface area contributed by atoms with Gasteiger partial charge in [0.05, 0.1) is 16.8 Å². The maximum Gasteiger partial charge on any atom is 0.267 e. The van der Waals surface area contributed by atoms with Crippen LogP contribution in [0.1, 0.15) is 12.0 Å². The molecular formula is C21H20N6O2S2. The second kappa shape index (κ2) is 9.27. The molecule has 1 saturated heterocycles. The first-order valence-electron chi connectivity index (χ1n) is 9.66. The fourth-order valence-electron chi connectivity index (χ4n) is 3.17. The van der Waals surface area contributed by atoms with E-state index in [2.05, 4.69) is 21.9 Å². The van der Waals surface area contributed by atoms with Gasteiger partial charge in [-0.15, -0.1) is 6.58 Å². The van der Waals surface area contributed by atoms with E-state index < -0.39 is 0 Å². The van der Waals surface area contributed by atoms with E-state index in [1.807, 2.05) is 16.8 Å². The molecule has 1 amide bonds. The molecule has 1 aliphatic rings. The SMILES string of the molecule is C=CCN1C(=O)/C(=C/c2c(NCCCn3ccnc3)nc3ccccn3c2=O)SC1=S. The number of fused-ring (bicyclic) bond motifs is 1. The van der Waals surface area contributed by atoms with Crippen molar-refractivity contribution < 1.29 is 4.79 Å². The number of rotatable bonds is 8. The third kappa shape index (κ3) is 4.44. The van der Waals surface area contributed by atoms with Crippen molar-refractivity contribution in [1.82, 2.24) is 23.8 Å². The molecule has 10 heteroatoms. The number of hydrogen-bond donors (Lipinski definition) is 1. The van der Waals surface area contributed by atoms with Crippen molar-refractivity contribution in [3.63, 3.8) is 0 Å². The Bertz CT molecular complexity index is 1230. The van der Waals surface area contributed by atoms with Crippen LogP contribution in [0.5, 0.6) is 0 Å². The molecule has 4 rings (SSSR count). The number of carbonyl (C=O) groups excluding carboxylic acids is 1. The summed E-state index contributed by atoms with van der Waals surface area (Å²) in [4.78, 5) is 36.4. The summed E-state index contributed by atoms with van der Waals surface area (Å²) in [5.41, 5.74) is 0.600. The predicted octanol–water partition coefficient (Wildman–Crippen LogP) is 2.78. The first-order valence-corrected chi connectivity index (χ1v) is 10.9. The first kappa shape index (κ1) is 21.0. The van der Waals surface area contributed by atoms with Gasteiger partial charge in [-0.1, -0.05) is 36.1 Å². The summed E-state index contributed by atoms with van der Waals surface area (Å²) in [5.74, 6) is 0.203. The summed E-state index contributed by atoms with van der Waals surface area (Å²) >= 11 is 6.47. The highest BCUT2D eigenvalue weighted by Gasteiger charge is 2.31. The summed E-state index contributed by atoms with van der Waals surface area (Å²) in [6, 6.07) is 5.36. The molecule has 1 N–H and O–H groups in total. The Balaban J connectivity index is 1.66. The third-order valence-electron chi connectivity index (χ3n) is 4.67. The van der Waals surface area contributed by atoms with Crippen molar-refractivity contribution in [2.24, 2.45) is 0 Å². The van der Waals surface area contributed by atoms with Gasteiger partial charge in [-0.05, 0) is 24.6 Å². The lowest BCUT2D eigenvalue weighted by molar-refractivity contribution is -0.121. The average Bonchev–Trinajstić information content (AvgIpc) is 3.38. The number of nitrogens with one attached hydrogen (secondary N) is 1. The van der Waals surface area contributed by atoms with E-state index in [1.54, 1.807) is 43.0 Å². The van der Waals surface area contributed by atoms with Crippen LogP contribution in [-0.2, 0) is 11.3 Å². The number of aromatic nitrogens is 4. The van der Waals surface area contributed by atoms with Crippen molar-refractivity contribution in [1.29, 1.82) is 0 Å². The van der Waals surface area contributed by atoms with Crippen LogP contribution in [0.4, 0.5) is 5.82 Å². The molecule has 3 aromatic heterocycles. The second-order valence-corrected chi connectivity index (χ2v) is 8.45. The van der Waals surface area contributed by atoms with E-state index >= 15 is 0 Å². The Morgan fingerprint density at radius 2 is 2.13 bits per heavy atom. The predicted molar refractivity (Wildman–Crippen MR) is 127 cm³/mol. The molecule has 0 unspecified atom stereocenters. The Morgan fingerprint density at radius 1 is 1.26 bits per heavy atom. The van der Waals surface area contributed by atoms with Crippen LogP contribution in [0.2, 0.25) is 0 Å². The van der Waals surface area contributed by atoms with Gasteiger partial charge in [0, 0.05) is 38.2 Å². The number of aryl methyl sites for hydroxylation is 1. The summed E-state index contributed by atoms with van der Waals surface area (Å²) < 4.78 is 3.89. The molecule has 4 heterocycles. The number of thioether (sulfide) groups is 1. The van der Waals surface area contributed by atoms with Gasteiger partial charge in [-0.2, -0.15) is 0 Å². The van der Waals surface area contributed by atoms with E-state index in [0.717, 1.165) is 13.0 Å². The third-order valence-corrected chi connectivity index (χ3v) is 6.05. The minimum absolute atomic E-state index is 0.237. The van der Waals surface area contributed by atoms with Crippen LogP contribution in [0.25, 0.3) is 11.7 Å². The molecule has 1 fully saturated rings. The van der Waals surface area contributed by atoms with Crippen LogP contribution in [0.3, 0.4) is 0 Å². The molecule has 0 aliphatic carbocycles. The largest absolute Gasteiger partial charge is 0.369 e. The number of hydrogen-bond acceptors (Lipinski definition) is 7. The molecule has 0 radical (unpaired) electrons. The van der Waals surface area contributed by atoms with Crippen LogP contribution < -0.4 is 10.9 Å². The fraction of sp³-hybridized carbons (Fsp3) is 0.190. The molecular weight excluding hydrogens is 432 g/mol. The van der Waals surface area contributed by atoms with Gasteiger partial charge >= 0.3 is 0 Å². The maximum atomic E-state index is 13.2. The monoisotopic (exact) mass is 452 g/mol. The van der Waals surface area contributed by atoms with Crippen LogP contribution in [0, 0.1) is 0 Å². The quantitative estimate of drug-likeness (QED) is 0.243. The number of thiocarbonyl (C=S) groups is 1. The number of anilines is 1. The van der Waals surface area contributed by atoms with E-state index in [4.69, 9.17) is 12.2 Å². The van der Waals surface area contributed by atoms with Gasteiger partial charge in [0.2, 0.25) is 0 Å². The summed E-state index contributed by atoms with van der Waals surface area (Å²) in [7, 11) is 0. The molecule has 8 nitrogen and oxygen atoms in total. The summed E-state index contributed by atoms with van der Waals surface area (Å²) in [6.07, 6.45) is 11.1. The normalized spacial score (nSPS) is 15.2. The molecule has 31 heavy (non-hydrogen) atoms. The van der Waals surface area contributed by atoms with Gasteiger partial charge in [0.1, 0.15) is 15.8 Å². The average molecular weight is 453 g/mol. The van der Waals surface area contributed by atoms with Crippen molar-refractivity contribution in [3.8, 4) is 0 Å². The Labute approximate surface area is 188 Å². The number of carbonyl (C=O) groups is 1. The van der Waals surface area contributed by atoms with E-state index in [1.165, 1.54) is 21.1 Å². The Hall–Kier alpha value is -3.24. The van der Waals surface area contributed by atoms with Gasteiger partial charge < -0.3 is 9.88 Å². The van der Waals surface area contributed by atoms with Crippen LogP contribution in [0.15, 0.2) is 65.5 Å². The van der Waals surface area contributed by atoms with E-state index in [0.29, 0.717) is 39.3 Å². The number of imidazole rings is 1. The van der Waals surface area contributed by atoms with Crippen LogP contribution in [-0.4, -0.2) is 47.2 Å². The number of amides is 1. The van der Waals surface area contributed by atoms with E-state index in [-0.39, 0.29) is 11.5 Å². The maximum absolute atomic E-state index is 13.2. The standard InChI is InChI=1S/C21H20N6O2S2/c1-2-9-27-20(29)16(31-21(27)30)13-15-18(23-7-5-10-25-12-8-22-14-25)24-17-6-3-4-11-26(17)19(15)28/h2-4,6,8,11-14,23H,1,5,7,9-10H2/b16-13-. The second-order valence-electron chi connectivity index (χ2n) is 6.77. The highest BCUT2D eigenvalue weighted by Crippen LogP contribution is 2.32. The lowest BCUT2D eigenvalue weighted by atomic mass is 10.2. The number of pyridine rings is 1. The lowest BCUT2D eigenvalue weighted by Crippen LogP contribution is -2.28. The zero-order valence-electron chi connectivity index (χ0n) is 16.6. The highest BCUT2D eigenvalue weighted by molar-refractivity contribution is 8.26. The summed E-state index contributed by atoms with van der Waals surface area (Å²) in [6.45, 7) is 5.38. The minimum Gasteiger partial charge on any atom is -0.369 e. The van der Waals surface area contributed by atoms with Crippen molar-refractivity contribution in [2.45, 2.75) is 13.0 Å². The van der Waals surface area contributed by atoms with E-state index in [9.17, 15) is 9.59 Å². The molecule has 0 saturated carbocycles. The molecule has 0 aromatic carbocycles. The van der Waals surface area contributed by atoms with Crippen molar-refractivity contribution in [2.75, 3.05) is 18.4 Å².